The van der Waals surface area contributed by atoms with Crippen LogP contribution in [0.3, 0.4) is 0 Å². The molecule has 5 heteroatoms. The van der Waals surface area contributed by atoms with Crippen LogP contribution < -0.4 is 0 Å². The van der Waals surface area contributed by atoms with Gasteiger partial charge in [-0.15, -0.1) is 0 Å². The van der Waals surface area contributed by atoms with Gasteiger partial charge < -0.3 is 0 Å². The Balaban J connectivity index is 2.30. The largest absolute Gasteiger partial charge is 0.212 e. The van der Waals surface area contributed by atoms with Gasteiger partial charge in [0.05, 0.1) is 6.26 Å². The molecule has 0 bridgehead atoms. The lowest BCUT2D eigenvalue weighted by molar-refractivity contribution is 0.400. The quantitative estimate of drug-likeness (QED) is 0.818. The van der Waals surface area contributed by atoms with Gasteiger partial charge >= 0.3 is 0 Å². The van der Waals surface area contributed by atoms with Gasteiger partial charge in [-0.1, -0.05) is 23.7 Å². The monoisotopic (exact) mass is 259 g/mol. The van der Waals surface area contributed by atoms with Crippen molar-refractivity contribution in [2.45, 2.75) is 18.9 Å². The smallest absolute Gasteiger partial charge is 0.211 e. The van der Waals surface area contributed by atoms with Gasteiger partial charge in [0.2, 0.25) is 10.0 Å². The molecule has 88 valence electrons. The van der Waals surface area contributed by atoms with E-state index in [9.17, 15) is 8.42 Å². The molecule has 0 amide bonds. The van der Waals surface area contributed by atoms with Gasteiger partial charge in [0, 0.05) is 17.6 Å². The Labute approximate surface area is 101 Å². The third-order valence-electron chi connectivity index (χ3n) is 2.88. The van der Waals surface area contributed by atoms with Crippen molar-refractivity contribution >= 4 is 21.6 Å². The summed E-state index contributed by atoms with van der Waals surface area (Å²) >= 11 is 5.81. The maximum Gasteiger partial charge on any atom is 0.211 e. The molecule has 1 aliphatic rings. The summed E-state index contributed by atoms with van der Waals surface area (Å²) in [4.78, 5) is 0. The lowest BCUT2D eigenvalue weighted by Crippen LogP contribution is -2.29. The molecule has 1 heterocycles. The number of hydrogen-bond donors (Lipinski definition) is 0. The Bertz CT molecular complexity index is 469. The zero-order chi connectivity index (χ0) is 11.8. The van der Waals surface area contributed by atoms with Gasteiger partial charge in [0.1, 0.15) is 0 Å². The number of halogens is 1. The summed E-state index contributed by atoms with van der Waals surface area (Å²) in [6.45, 7) is 0.617. The second-order valence-corrected chi connectivity index (χ2v) is 6.45. The third kappa shape index (κ3) is 2.39. The standard InChI is InChI=1S/C11H14ClNO2S/c1-16(14,15)13-8-2-3-11(13)9-4-6-10(12)7-5-9/h4-7,11H,2-3,8H2,1H3/t11-/m0/s1. The topological polar surface area (TPSA) is 37.4 Å². The van der Waals surface area contributed by atoms with Crippen LogP contribution in [0.25, 0.3) is 0 Å². The number of benzene rings is 1. The highest BCUT2D eigenvalue weighted by Gasteiger charge is 2.32. The molecular weight excluding hydrogens is 246 g/mol. The van der Waals surface area contributed by atoms with Gasteiger partial charge in [0.25, 0.3) is 0 Å². The molecule has 1 fully saturated rings. The molecule has 0 unspecified atom stereocenters. The van der Waals surface area contributed by atoms with Crippen molar-refractivity contribution in [1.82, 2.24) is 4.31 Å². The fourth-order valence-corrected chi connectivity index (χ4v) is 3.43. The zero-order valence-electron chi connectivity index (χ0n) is 9.06. The molecule has 0 aromatic heterocycles. The minimum atomic E-state index is -3.11. The first kappa shape index (κ1) is 11.9. The summed E-state index contributed by atoms with van der Waals surface area (Å²) in [5.41, 5.74) is 1.02. The Hall–Kier alpha value is -0.580. The fraction of sp³-hybridized carbons (Fsp3) is 0.455. The van der Waals surface area contributed by atoms with E-state index >= 15 is 0 Å². The highest BCUT2D eigenvalue weighted by molar-refractivity contribution is 7.88. The van der Waals surface area contributed by atoms with Crippen molar-refractivity contribution in [3.63, 3.8) is 0 Å². The van der Waals surface area contributed by atoms with Crippen molar-refractivity contribution in [2.75, 3.05) is 12.8 Å². The lowest BCUT2D eigenvalue weighted by atomic mass is 10.1. The highest BCUT2D eigenvalue weighted by Crippen LogP contribution is 2.34. The zero-order valence-corrected chi connectivity index (χ0v) is 10.6. The van der Waals surface area contributed by atoms with Crippen LogP contribution in [0.5, 0.6) is 0 Å². The average Bonchev–Trinajstić information content (AvgIpc) is 2.66. The predicted octanol–water partition coefficient (Wildman–Crippen LogP) is 2.44. The molecule has 1 saturated heterocycles. The van der Waals surface area contributed by atoms with Crippen LogP contribution in [0.15, 0.2) is 24.3 Å². The summed E-state index contributed by atoms with van der Waals surface area (Å²) in [5.74, 6) is 0. The second-order valence-electron chi connectivity index (χ2n) is 4.08. The maximum atomic E-state index is 11.6. The van der Waals surface area contributed by atoms with Crippen molar-refractivity contribution < 1.29 is 8.42 Å². The van der Waals surface area contributed by atoms with Crippen LogP contribution in [-0.4, -0.2) is 25.5 Å². The first-order valence-electron chi connectivity index (χ1n) is 5.21. The van der Waals surface area contributed by atoms with E-state index in [0.717, 1.165) is 18.4 Å². The van der Waals surface area contributed by atoms with Gasteiger partial charge in [-0.3, -0.25) is 0 Å². The molecule has 1 aromatic carbocycles. The Morgan fingerprint density at radius 2 is 1.94 bits per heavy atom. The van der Waals surface area contributed by atoms with E-state index in [4.69, 9.17) is 11.6 Å². The van der Waals surface area contributed by atoms with Crippen LogP contribution in [0.2, 0.25) is 5.02 Å². The van der Waals surface area contributed by atoms with E-state index in [2.05, 4.69) is 0 Å². The number of hydrogen-bond acceptors (Lipinski definition) is 2. The minimum Gasteiger partial charge on any atom is -0.212 e. The second kappa shape index (κ2) is 4.35. The Morgan fingerprint density at radius 1 is 1.31 bits per heavy atom. The number of rotatable bonds is 2. The molecule has 2 rings (SSSR count). The molecule has 0 N–H and O–H groups in total. The summed E-state index contributed by atoms with van der Waals surface area (Å²) in [7, 11) is -3.11. The summed E-state index contributed by atoms with van der Waals surface area (Å²) in [5, 5.41) is 0.674. The van der Waals surface area contributed by atoms with Gasteiger partial charge in [-0.05, 0) is 30.5 Å². The first-order chi connectivity index (χ1) is 7.48. The van der Waals surface area contributed by atoms with E-state index in [0.29, 0.717) is 11.6 Å². The predicted molar refractivity (Wildman–Crippen MR) is 65.0 cm³/mol. The fourth-order valence-electron chi connectivity index (χ4n) is 2.16. The van der Waals surface area contributed by atoms with Crippen molar-refractivity contribution in [3.05, 3.63) is 34.9 Å². The number of nitrogens with zero attached hydrogens (tertiary/aromatic N) is 1. The summed E-state index contributed by atoms with van der Waals surface area (Å²) in [6, 6.07) is 7.38. The molecule has 0 radical (unpaired) electrons. The molecule has 1 aromatic rings. The first-order valence-corrected chi connectivity index (χ1v) is 7.43. The Morgan fingerprint density at radius 3 is 2.50 bits per heavy atom. The van der Waals surface area contributed by atoms with Gasteiger partial charge in [0.15, 0.2) is 0 Å². The SMILES string of the molecule is CS(=O)(=O)N1CCC[C@H]1c1ccc(Cl)cc1. The molecule has 0 saturated carbocycles. The van der Waals surface area contributed by atoms with Crippen molar-refractivity contribution in [3.8, 4) is 0 Å². The van der Waals surface area contributed by atoms with E-state index < -0.39 is 10.0 Å². The Kier molecular flexibility index (Phi) is 3.24. The van der Waals surface area contributed by atoms with Crippen molar-refractivity contribution in [1.29, 1.82) is 0 Å². The summed E-state index contributed by atoms with van der Waals surface area (Å²) < 4.78 is 24.7. The van der Waals surface area contributed by atoms with Crippen molar-refractivity contribution in [2.24, 2.45) is 0 Å². The molecule has 0 spiro atoms. The number of sulfonamides is 1. The van der Waals surface area contributed by atoms with Crippen LogP contribution in [-0.2, 0) is 10.0 Å². The molecule has 16 heavy (non-hydrogen) atoms. The van der Waals surface area contributed by atoms with E-state index in [-0.39, 0.29) is 6.04 Å². The van der Waals surface area contributed by atoms with Crippen LogP contribution in [0, 0.1) is 0 Å². The van der Waals surface area contributed by atoms with E-state index in [1.165, 1.54) is 6.26 Å². The van der Waals surface area contributed by atoms with E-state index in [1.807, 2.05) is 12.1 Å². The third-order valence-corrected chi connectivity index (χ3v) is 4.43. The molecular formula is C11H14ClNO2S. The van der Waals surface area contributed by atoms with Gasteiger partial charge in [-0.25, -0.2) is 8.42 Å². The normalized spacial score (nSPS) is 22.5. The average molecular weight is 260 g/mol. The van der Waals surface area contributed by atoms with Crippen LogP contribution >= 0.6 is 11.6 Å². The molecule has 3 nitrogen and oxygen atoms in total. The lowest BCUT2D eigenvalue weighted by Gasteiger charge is -2.22. The minimum absolute atomic E-state index is 0.0210. The summed E-state index contributed by atoms with van der Waals surface area (Å²) in [6.07, 6.45) is 3.07. The molecule has 1 atom stereocenters. The molecule has 1 aliphatic heterocycles. The van der Waals surface area contributed by atoms with Crippen LogP contribution in [0.1, 0.15) is 24.4 Å². The van der Waals surface area contributed by atoms with E-state index in [1.54, 1.807) is 16.4 Å². The maximum absolute atomic E-state index is 11.6. The highest BCUT2D eigenvalue weighted by atomic mass is 35.5. The van der Waals surface area contributed by atoms with Crippen LogP contribution in [0.4, 0.5) is 0 Å². The molecule has 0 aliphatic carbocycles. The van der Waals surface area contributed by atoms with Gasteiger partial charge in [-0.2, -0.15) is 4.31 Å².